The number of benzene rings is 2. The first-order valence-corrected chi connectivity index (χ1v) is 8.17. The molecule has 0 saturated heterocycles. The third-order valence-electron chi connectivity index (χ3n) is 3.64. The van der Waals surface area contributed by atoms with Gasteiger partial charge in [0.2, 0.25) is 0 Å². The predicted octanol–water partition coefficient (Wildman–Crippen LogP) is 3.43. The van der Waals surface area contributed by atoms with E-state index in [0.29, 0.717) is 28.8 Å². The van der Waals surface area contributed by atoms with Crippen LogP contribution in [0.25, 0.3) is 10.9 Å². The van der Waals surface area contributed by atoms with Gasteiger partial charge in [0.15, 0.2) is 0 Å². The molecule has 1 aromatic heterocycles. The Morgan fingerprint density at radius 1 is 1.12 bits per heavy atom. The van der Waals surface area contributed by atoms with Crippen molar-refractivity contribution in [1.82, 2.24) is 15.8 Å². The van der Waals surface area contributed by atoms with Gasteiger partial charge in [-0.05, 0) is 49.4 Å². The number of hydrazine groups is 1. The van der Waals surface area contributed by atoms with Gasteiger partial charge in [-0.25, -0.2) is 4.39 Å². The number of rotatable bonds is 4. The summed E-state index contributed by atoms with van der Waals surface area (Å²) in [6.45, 7) is 2.39. The second-order valence-corrected chi connectivity index (χ2v) is 5.75. The second kappa shape index (κ2) is 7.45. The van der Waals surface area contributed by atoms with Crippen LogP contribution in [0.2, 0.25) is 5.02 Å². The molecule has 2 amide bonds. The Kier molecular flexibility index (Phi) is 5.09. The summed E-state index contributed by atoms with van der Waals surface area (Å²) in [5.74, 6) is -0.968. The van der Waals surface area contributed by atoms with Crippen LogP contribution >= 0.6 is 11.6 Å². The van der Waals surface area contributed by atoms with Crippen molar-refractivity contribution >= 4 is 34.3 Å². The molecular weight excluding hydrogens is 361 g/mol. The summed E-state index contributed by atoms with van der Waals surface area (Å²) >= 11 is 6.12. The average molecular weight is 376 g/mol. The molecule has 0 radical (unpaired) electrons. The van der Waals surface area contributed by atoms with Crippen molar-refractivity contribution in [2.45, 2.75) is 6.92 Å². The molecule has 0 fully saturated rings. The molecule has 3 aromatic rings. The molecule has 26 heavy (non-hydrogen) atoms. The number of amides is 2. The summed E-state index contributed by atoms with van der Waals surface area (Å²) in [7, 11) is 0. The average Bonchev–Trinajstić information content (AvgIpc) is 2.97. The van der Waals surface area contributed by atoms with Crippen molar-refractivity contribution in [2.24, 2.45) is 0 Å². The minimum Gasteiger partial charge on any atom is -0.494 e. The number of aromatic amines is 1. The van der Waals surface area contributed by atoms with E-state index in [1.165, 1.54) is 18.2 Å². The van der Waals surface area contributed by atoms with Gasteiger partial charge in [0.25, 0.3) is 11.8 Å². The quantitative estimate of drug-likeness (QED) is 0.611. The van der Waals surface area contributed by atoms with E-state index in [2.05, 4.69) is 15.8 Å². The number of hydrogen-bond donors (Lipinski definition) is 3. The van der Waals surface area contributed by atoms with Gasteiger partial charge in [-0.1, -0.05) is 11.6 Å². The molecule has 1 heterocycles. The molecule has 2 aromatic carbocycles. The van der Waals surface area contributed by atoms with Crippen LogP contribution in [0.5, 0.6) is 5.75 Å². The molecule has 0 spiro atoms. The molecule has 0 bridgehead atoms. The first-order valence-electron chi connectivity index (χ1n) is 7.80. The maximum absolute atomic E-state index is 13.3. The Balaban J connectivity index is 1.68. The van der Waals surface area contributed by atoms with Crippen molar-refractivity contribution in [2.75, 3.05) is 6.61 Å². The first-order chi connectivity index (χ1) is 12.5. The molecule has 0 aliphatic rings. The summed E-state index contributed by atoms with van der Waals surface area (Å²) in [5.41, 5.74) is 5.46. The van der Waals surface area contributed by atoms with Gasteiger partial charge in [-0.2, -0.15) is 0 Å². The summed E-state index contributed by atoms with van der Waals surface area (Å²) in [6, 6.07) is 10.4. The van der Waals surface area contributed by atoms with Crippen molar-refractivity contribution in [1.29, 1.82) is 0 Å². The Bertz CT molecular complexity index is 970. The Morgan fingerprint density at radius 3 is 2.50 bits per heavy atom. The highest BCUT2D eigenvalue weighted by molar-refractivity contribution is 6.38. The van der Waals surface area contributed by atoms with E-state index in [0.717, 1.165) is 0 Å². The van der Waals surface area contributed by atoms with E-state index < -0.39 is 17.6 Å². The maximum atomic E-state index is 13.3. The highest BCUT2D eigenvalue weighted by Crippen LogP contribution is 2.27. The lowest BCUT2D eigenvalue weighted by Gasteiger charge is -2.08. The van der Waals surface area contributed by atoms with Gasteiger partial charge in [-0.15, -0.1) is 0 Å². The lowest BCUT2D eigenvalue weighted by Crippen LogP contribution is -2.41. The van der Waals surface area contributed by atoms with Gasteiger partial charge in [0.1, 0.15) is 17.3 Å². The minimum atomic E-state index is -0.647. The zero-order chi connectivity index (χ0) is 18.7. The molecular formula is C18H15ClFN3O3. The largest absolute Gasteiger partial charge is 0.494 e. The Morgan fingerprint density at radius 2 is 1.81 bits per heavy atom. The highest BCUT2D eigenvalue weighted by atomic mass is 35.5. The van der Waals surface area contributed by atoms with Crippen LogP contribution in [0.4, 0.5) is 4.39 Å². The van der Waals surface area contributed by atoms with Crippen LogP contribution in [0.15, 0.2) is 42.5 Å². The SMILES string of the molecule is CCOc1ccc(C(=O)NNC(=O)c2[nH]c3ccc(F)cc3c2Cl)cc1. The van der Waals surface area contributed by atoms with Crippen molar-refractivity contribution in [3.05, 3.63) is 64.6 Å². The fourth-order valence-corrected chi connectivity index (χ4v) is 2.69. The number of nitrogens with one attached hydrogen (secondary N) is 3. The van der Waals surface area contributed by atoms with Crippen LogP contribution < -0.4 is 15.6 Å². The molecule has 0 atom stereocenters. The molecule has 6 nitrogen and oxygen atoms in total. The molecule has 8 heteroatoms. The number of fused-ring (bicyclic) bond motifs is 1. The van der Waals surface area contributed by atoms with E-state index in [1.54, 1.807) is 24.3 Å². The number of halogens is 2. The minimum absolute atomic E-state index is 0.0271. The summed E-state index contributed by atoms with van der Waals surface area (Å²) in [6.07, 6.45) is 0. The van der Waals surface area contributed by atoms with E-state index in [-0.39, 0.29) is 10.7 Å². The van der Waals surface area contributed by atoms with Crippen LogP contribution in [0.1, 0.15) is 27.8 Å². The van der Waals surface area contributed by atoms with E-state index in [1.807, 2.05) is 6.92 Å². The van der Waals surface area contributed by atoms with Gasteiger partial charge in [-0.3, -0.25) is 20.4 Å². The van der Waals surface area contributed by atoms with Gasteiger partial charge in [0, 0.05) is 16.5 Å². The van der Waals surface area contributed by atoms with Crippen molar-refractivity contribution < 1.29 is 18.7 Å². The molecule has 3 N–H and O–H groups in total. The van der Waals surface area contributed by atoms with Gasteiger partial charge >= 0.3 is 0 Å². The summed E-state index contributed by atoms with van der Waals surface area (Å²) < 4.78 is 18.6. The fourth-order valence-electron chi connectivity index (χ4n) is 2.41. The number of H-pyrrole nitrogens is 1. The third kappa shape index (κ3) is 3.62. The Labute approximate surface area is 153 Å². The number of carbonyl (C=O) groups excluding carboxylic acids is 2. The van der Waals surface area contributed by atoms with Crippen molar-refractivity contribution in [3.63, 3.8) is 0 Å². The van der Waals surface area contributed by atoms with Gasteiger partial charge in [0.05, 0.1) is 11.6 Å². The van der Waals surface area contributed by atoms with Gasteiger partial charge < -0.3 is 9.72 Å². The lowest BCUT2D eigenvalue weighted by atomic mass is 10.2. The molecule has 0 unspecified atom stereocenters. The molecule has 0 aliphatic heterocycles. The standard InChI is InChI=1S/C18H15ClFN3O3/c1-2-26-12-6-3-10(4-7-12)17(24)22-23-18(25)16-15(19)13-9-11(20)5-8-14(13)21-16/h3-9,21H,2H2,1H3,(H,22,24)(H,23,25). The number of carbonyl (C=O) groups is 2. The van der Waals surface area contributed by atoms with Crippen LogP contribution in [0.3, 0.4) is 0 Å². The zero-order valence-electron chi connectivity index (χ0n) is 13.7. The van der Waals surface area contributed by atoms with Crippen LogP contribution in [-0.2, 0) is 0 Å². The highest BCUT2D eigenvalue weighted by Gasteiger charge is 2.17. The number of aromatic nitrogens is 1. The first kappa shape index (κ1) is 17.8. The fraction of sp³-hybridized carbons (Fsp3) is 0.111. The normalized spacial score (nSPS) is 10.6. The number of ether oxygens (including phenoxy) is 1. The summed E-state index contributed by atoms with van der Waals surface area (Å²) in [5, 5.41) is 0.460. The maximum Gasteiger partial charge on any atom is 0.287 e. The third-order valence-corrected chi connectivity index (χ3v) is 4.03. The molecule has 3 rings (SSSR count). The molecule has 134 valence electrons. The molecule has 0 saturated carbocycles. The zero-order valence-corrected chi connectivity index (χ0v) is 14.5. The number of hydrogen-bond acceptors (Lipinski definition) is 3. The molecule has 0 aliphatic carbocycles. The smallest absolute Gasteiger partial charge is 0.287 e. The van der Waals surface area contributed by atoms with E-state index in [9.17, 15) is 14.0 Å². The van der Waals surface area contributed by atoms with Crippen LogP contribution in [-0.4, -0.2) is 23.4 Å². The van der Waals surface area contributed by atoms with E-state index in [4.69, 9.17) is 16.3 Å². The predicted molar refractivity (Wildman–Crippen MR) is 95.8 cm³/mol. The van der Waals surface area contributed by atoms with Crippen molar-refractivity contribution in [3.8, 4) is 5.75 Å². The van der Waals surface area contributed by atoms with Crippen LogP contribution in [0, 0.1) is 5.82 Å². The van der Waals surface area contributed by atoms with E-state index >= 15 is 0 Å². The lowest BCUT2D eigenvalue weighted by molar-refractivity contribution is 0.0844. The monoisotopic (exact) mass is 375 g/mol. The second-order valence-electron chi connectivity index (χ2n) is 5.37. The Hall–Kier alpha value is -3.06. The topological polar surface area (TPSA) is 83.2 Å². The summed E-state index contributed by atoms with van der Waals surface area (Å²) in [4.78, 5) is 27.1.